The van der Waals surface area contributed by atoms with E-state index in [0.29, 0.717) is 38.5 Å². The fraction of sp³-hybridized carbons (Fsp3) is 0.761. The van der Waals surface area contributed by atoms with Gasteiger partial charge in [-0.05, 0) is 127 Å². The number of halogens is 5. The molecule has 1 N–H and O–H groups in total. The van der Waals surface area contributed by atoms with Gasteiger partial charge in [-0.1, -0.05) is 92.5 Å². The maximum Gasteiger partial charge on any atom is 0.523 e. The minimum atomic E-state index is -5.80. The first-order chi connectivity index (χ1) is 45.5. The average molecular weight is 1490 g/mol. The Balaban J connectivity index is 0.000000255. The Labute approximate surface area is 582 Å². The Kier molecular flexibility index (Phi) is 26.7. The van der Waals surface area contributed by atoms with Crippen LogP contribution < -0.4 is 0 Å². The number of fused-ring (bicyclic) bond motifs is 10. The van der Waals surface area contributed by atoms with Gasteiger partial charge in [0.25, 0.3) is 0 Å². The summed E-state index contributed by atoms with van der Waals surface area (Å²) in [6, 6.07) is 0. The number of ether oxygens (including phenoxy) is 5. The maximum atomic E-state index is 14.3. The van der Waals surface area contributed by atoms with E-state index >= 15 is 0 Å². The monoisotopic (exact) mass is 1490 g/mol. The fourth-order valence-corrected chi connectivity index (χ4v) is 22.2. The predicted octanol–water partition coefficient (Wildman–Crippen LogP) is 12.5. The van der Waals surface area contributed by atoms with Crippen molar-refractivity contribution in [1.82, 2.24) is 0 Å². The van der Waals surface area contributed by atoms with Crippen molar-refractivity contribution in [3.8, 4) is 0 Å². The van der Waals surface area contributed by atoms with Crippen molar-refractivity contribution in [3.05, 3.63) is 47.6 Å². The zero-order valence-corrected chi connectivity index (χ0v) is 62.5. The van der Waals surface area contributed by atoms with Gasteiger partial charge in [0, 0.05) is 59.2 Å². The van der Waals surface area contributed by atoms with E-state index < -0.39 is 147 Å². The molecular formula is C67H97Cl2F3O23P2S. The SMILES string of the molecule is CCC(=O)OCC(=O)[C@@]1(OC(=O)CC)[C@@H](C)C[C@H]2[C@@H]3CCC4=CC(=O)C=C[C@]4(C)[C@@]3(Cl)[C@@H](O)C[C@@]21C.CCOP(=O)(COS(=O)(=O)C(F)(F)F)OCC.CCOP(=O)(CO[C@H]1C[C@@]2(C)[C@@H](C[C@H](C)[C@]2(OC(=O)CC)C(=O)COC(=O)CC)[C@@H]2CCC3=CC(=O)C=C[C@]3(C)[C@@]12Cl)OCC. The number of rotatable bonds is 26. The molecule has 0 aliphatic heterocycles. The van der Waals surface area contributed by atoms with Crippen LogP contribution in [0.1, 0.15) is 174 Å². The van der Waals surface area contributed by atoms with Crippen LogP contribution in [0.4, 0.5) is 13.2 Å². The molecule has 8 aliphatic rings. The Morgan fingerprint density at radius 1 is 0.582 bits per heavy atom. The summed E-state index contributed by atoms with van der Waals surface area (Å²) in [7, 11) is -13.5. The average Bonchev–Trinajstić information content (AvgIpc) is 1.38. The molecule has 0 spiro atoms. The number of allylic oxidation sites excluding steroid dienone is 8. The lowest BCUT2D eigenvalue weighted by molar-refractivity contribution is -0.206. The van der Waals surface area contributed by atoms with E-state index in [4.69, 9.17) is 55.9 Å². The Morgan fingerprint density at radius 2 is 0.949 bits per heavy atom. The van der Waals surface area contributed by atoms with Gasteiger partial charge in [-0.25, -0.2) is 0 Å². The largest absolute Gasteiger partial charge is 0.523 e. The van der Waals surface area contributed by atoms with Crippen molar-refractivity contribution in [3.63, 3.8) is 0 Å². The number of alkyl halides is 5. The molecule has 0 heterocycles. The van der Waals surface area contributed by atoms with E-state index in [1.165, 1.54) is 26.0 Å². The Hall–Kier alpha value is -3.98. The van der Waals surface area contributed by atoms with Crippen LogP contribution in [-0.2, 0) is 104 Å². The Bertz CT molecular complexity index is 3380. The van der Waals surface area contributed by atoms with Gasteiger partial charge in [-0.2, -0.15) is 21.6 Å². The third-order valence-electron chi connectivity index (χ3n) is 22.0. The van der Waals surface area contributed by atoms with E-state index in [1.54, 1.807) is 53.7 Å². The molecule has 0 saturated heterocycles. The lowest BCUT2D eigenvalue weighted by atomic mass is 9.45. The molecule has 23 nitrogen and oxygen atoms in total. The van der Waals surface area contributed by atoms with Gasteiger partial charge >= 0.3 is 54.7 Å². The Morgan fingerprint density at radius 3 is 1.33 bits per heavy atom. The molecule has 31 heteroatoms. The van der Waals surface area contributed by atoms with Gasteiger partial charge in [-0.15, -0.1) is 23.2 Å². The van der Waals surface area contributed by atoms with Gasteiger partial charge in [0.15, 0.2) is 42.3 Å². The number of carbonyl (C=O) groups is 8. The van der Waals surface area contributed by atoms with Gasteiger partial charge in [-0.3, -0.25) is 51.7 Å². The van der Waals surface area contributed by atoms with E-state index in [-0.39, 0.29) is 112 Å². The van der Waals surface area contributed by atoms with Crippen LogP contribution in [0.25, 0.3) is 0 Å². The van der Waals surface area contributed by atoms with Crippen LogP contribution in [0.2, 0.25) is 0 Å². The summed E-state index contributed by atoms with van der Waals surface area (Å²) in [6.07, 6.45) is 10.7. The van der Waals surface area contributed by atoms with Crippen molar-refractivity contribution < 1.29 is 120 Å². The second-order valence-electron chi connectivity index (χ2n) is 27.1. The molecule has 0 bridgehead atoms. The smallest absolute Gasteiger partial charge is 0.457 e. The van der Waals surface area contributed by atoms with E-state index in [1.807, 2.05) is 53.7 Å². The van der Waals surface area contributed by atoms with Crippen LogP contribution in [0.3, 0.4) is 0 Å². The number of ketones is 4. The van der Waals surface area contributed by atoms with Crippen molar-refractivity contribution >= 4 is 95.5 Å². The van der Waals surface area contributed by atoms with Crippen molar-refractivity contribution in [2.24, 2.45) is 57.2 Å². The summed E-state index contributed by atoms with van der Waals surface area (Å²) in [4.78, 5) is 100. The van der Waals surface area contributed by atoms with Gasteiger partial charge in [0.2, 0.25) is 11.6 Å². The third kappa shape index (κ3) is 14.9. The number of Topliss-reactive ketones (excluding diaryl/α,β-unsaturated/α-hetero) is 2. The molecule has 0 unspecified atom stereocenters. The molecule has 98 heavy (non-hydrogen) atoms. The normalized spacial score (nSPS) is 35.3. The van der Waals surface area contributed by atoms with Crippen LogP contribution in [-0.4, -0.2) is 152 Å². The lowest BCUT2D eigenvalue weighted by Gasteiger charge is -2.64. The zero-order chi connectivity index (χ0) is 73.8. The summed E-state index contributed by atoms with van der Waals surface area (Å²) >= 11 is 15.4. The summed E-state index contributed by atoms with van der Waals surface area (Å²) in [5.41, 5.74) is -10.4. The van der Waals surface area contributed by atoms with Gasteiger partial charge in [0.05, 0.1) is 48.4 Å². The summed E-state index contributed by atoms with van der Waals surface area (Å²) in [5.74, 6) is -4.77. The fourth-order valence-electron chi connectivity index (χ4n) is 17.5. The molecule has 0 aromatic heterocycles. The number of hydrogen-bond donors (Lipinski definition) is 1. The highest BCUT2D eigenvalue weighted by Crippen LogP contribution is 2.75. The minimum Gasteiger partial charge on any atom is -0.457 e. The molecule has 8 rings (SSSR count). The predicted molar refractivity (Wildman–Crippen MR) is 352 cm³/mol. The van der Waals surface area contributed by atoms with E-state index in [2.05, 4.69) is 13.2 Å². The molecule has 6 saturated carbocycles. The number of carbonyl (C=O) groups excluding carboxylic acids is 8. The molecule has 0 aromatic carbocycles. The number of hydrogen-bond acceptors (Lipinski definition) is 23. The first kappa shape index (κ1) is 83.0. The van der Waals surface area contributed by atoms with Crippen molar-refractivity contribution in [1.29, 1.82) is 0 Å². The van der Waals surface area contributed by atoms with E-state index in [0.717, 1.165) is 11.1 Å². The maximum absolute atomic E-state index is 14.3. The van der Waals surface area contributed by atoms with Crippen LogP contribution >= 0.6 is 38.4 Å². The van der Waals surface area contributed by atoms with Crippen molar-refractivity contribution in [2.75, 3.05) is 52.3 Å². The molecule has 0 aromatic rings. The standard InChI is InChI=1S/C33H48ClO10P.C28H37ClO7.C6H12F3O6PS/c1-8-28(37)40-19-26(36)33(44-29(38)9-2)21(5)16-25-24-13-12-22-17-23(35)14-15-30(22,6)32(24,34)27(18-31(25,33)7)41-20-45(39,42-10-3)43-11-4;1-6-23(33)35-15-22(32)28(36-24(34)7-2)16(3)12-20-19-9-8-17-13-18(30)10-11-25(17,4)27(19,29)21(31)14-26(20,28)5;1-3-13-16(10,14-4-2)5-15-17(11,12)6(7,8)9/h14-15,17,21,24-25,27H,8-13,16,18-20H2,1-7H3;10-11,13,16,19-21,31H,6-9,12,14-15H2,1-5H3;3-5H2,1-2H3/t21-,24-,25-,27-,30-,31-,32-,33-;16-,19-,20-,21-,25-,26-,27-,28-;/m00./s1. The third-order valence-corrected chi connectivity index (χ3v) is 28.5. The van der Waals surface area contributed by atoms with Gasteiger partial charge < -0.3 is 46.9 Å². The molecule has 8 aliphatic carbocycles. The highest BCUT2D eigenvalue weighted by Gasteiger charge is 2.79. The molecule has 6 fully saturated rings. The topological polar surface area (TPSA) is 317 Å². The molecule has 554 valence electrons. The second-order valence-corrected chi connectivity index (χ2v) is 34.0. The number of aliphatic hydroxyl groups excluding tert-OH is 1. The van der Waals surface area contributed by atoms with E-state index in [9.17, 15) is 74.2 Å². The molecule has 0 amide bonds. The summed E-state index contributed by atoms with van der Waals surface area (Å²) < 4.78 is 135. The van der Waals surface area contributed by atoms with Crippen LogP contribution in [0.15, 0.2) is 47.6 Å². The second kappa shape index (κ2) is 31.5. The minimum absolute atomic E-state index is 0.0526. The number of aliphatic hydroxyl groups is 1. The van der Waals surface area contributed by atoms with Crippen molar-refractivity contribution in [2.45, 2.75) is 213 Å². The van der Waals surface area contributed by atoms with Crippen LogP contribution in [0, 0.1) is 57.2 Å². The first-order valence-electron chi connectivity index (χ1n) is 33.6. The van der Waals surface area contributed by atoms with Crippen LogP contribution in [0.5, 0.6) is 0 Å². The van der Waals surface area contributed by atoms with Gasteiger partial charge in [0.1, 0.15) is 6.35 Å². The highest BCUT2D eigenvalue weighted by molar-refractivity contribution is 7.87. The number of esters is 4. The first-order valence-corrected chi connectivity index (χ1v) is 39.2. The quantitative estimate of drug-likeness (QED) is 0.0210. The zero-order valence-electron chi connectivity index (χ0n) is 58.3. The lowest BCUT2D eigenvalue weighted by Crippen LogP contribution is -2.70. The summed E-state index contributed by atoms with van der Waals surface area (Å²) in [6.45, 7) is 23.6. The highest BCUT2D eigenvalue weighted by atomic mass is 35.5. The summed E-state index contributed by atoms with van der Waals surface area (Å²) in [5, 5.41) is 11.8. The molecule has 0 radical (unpaired) electrons. The molecular weight excluding hydrogens is 1390 g/mol. The molecule has 16 atom stereocenters.